The molecular weight excluding hydrogens is 560 g/mol. The van der Waals surface area contributed by atoms with Crippen LogP contribution < -0.4 is 3.27 Å². The summed E-state index contributed by atoms with van der Waals surface area (Å²) in [4.78, 5) is 0. The molecule has 0 N–H and O–H groups in total. The summed E-state index contributed by atoms with van der Waals surface area (Å²) < 4.78 is 10.2. The van der Waals surface area contributed by atoms with E-state index >= 15 is 0 Å². The minimum absolute atomic E-state index is 1.00. The number of benzene rings is 5. The molecule has 40 heavy (non-hydrogen) atoms. The van der Waals surface area contributed by atoms with E-state index in [0.29, 0.717) is 0 Å². The molecule has 5 aromatic carbocycles. The average molecular weight is 594 g/mol. The second-order valence-corrected chi connectivity index (χ2v) is 27.9. The molecule has 2 aliphatic rings. The van der Waals surface area contributed by atoms with Crippen molar-refractivity contribution in [1.29, 1.82) is 0 Å². The maximum atomic E-state index is 2.70. The van der Waals surface area contributed by atoms with Gasteiger partial charge in [0.05, 0.1) is 0 Å². The molecule has 194 valence electrons. The van der Waals surface area contributed by atoms with Crippen LogP contribution in [0.1, 0.15) is 34.2 Å². The van der Waals surface area contributed by atoms with Crippen LogP contribution in [-0.2, 0) is 24.7 Å². The van der Waals surface area contributed by atoms with Crippen molar-refractivity contribution in [3.63, 3.8) is 0 Å². The van der Waals surface area contributed by atoms with Crippen molar-refractivity contribution in [1.82, 2.24) is 0 Å². The molecule has 2 aliphatic carbocycles. The van der Waals surface area contributed by atoms with Crippen molar-refractivity contribution >= 4 is 12.1 Å². The molecule has 0 saturated heterocycles. The van der Waals surface area contributed by atoms with Gasteiger partial charge in [-0.05, 0) is 0 Å². The van der Waals surface area contributed by atoms with Gasteiger partial charge in [-0.15, -0.1) is 0 Å². The van der Waals surface area contributed by atoms with E-state index in [4.69, 9.17) is 0 Å². The second kappa shape index (κ2) is 9.76. The van der Waals surface area contributed by atoms with E-state index in [1.807, 2.05) is 0 Å². The molecule has 0 fully saturated rings. The van der Waals surface area contributed by atoms with Gasteiger partial charge in [-0.1, -0.05) is 0 Å². The molecule has 0 heterocycles. The van der Waals surface area contributed by atoms with Crippen molar-refractivity contribution in [2.24, 2.45) is 0 Å². The van der Waals surface area contributed by atoms with Crippen LogP contribution in [0.3, 0.4) is 0 Å². The van der Waals surface area contributed by atoms with Crippen molar-refractivity contribution in [3.8, 4) is 11.1 Å². The predicted octanol–water partition coefficient (Wildman–Crippen LogP) is 9.31. The summed E-state index contributed by atoms with van der Waals surface area (Å²) in [6, 6.07) is 49.5. The van der Waals surface area contributed by atoms with Crippen LogP contribution in [0.2, 0.25) is 9.26 Å². The van der Waals surface area contributed by atoms with Crippen molar-refractivity contribution in [2.45, 2.75) is 22.1 Å². The molecule has 0 bridgehead atoms. The first-order valence-electron chi connectivity index (χ1n) is 14.4. The number of hydrogen-bond donors (Lipinski definition) is 0. The normalized spacial score (nSPS) is 14.3. The summed E-state index contributed by atoms with van der Waals surface area (Å²) in [7, 11) is 0. The number of rotatable bonds is 5. The first kappa shape index (κ1) is 25.3. The zero-order valence-corrected chi connectivity index (χ0v) is 25.7. The van der Waals surface area contributed by atoms with Gasteiger partial charge in [0.1, 0.15) is 0 Å². The van der Waals surface area contributed by atoms with Crippen LogP contribution in [0.5, 0.6) is 0 Å². The first-order valence-corrected chi connectivity index (χ1v) is 23.0. The molecule has 0 nitrogen and oxygen atoms in total. The van der Waals surface area contributed by atoms with Gasteiger partial charge in [0, 0.05) is 0 Å². The minimum atomic E-state index is -4.26. The summed E-state index contributed by atoms with van der Waals surface area (Å²) in [6.07, 6.45) is 7.04. The van der Waals surface area contributed by atoms with Crippen molar-refractivity contribution in [2.75, 3.05) is 0 Å². The van der Waals surface area contributed by atoms with E-state index in [1.54, 1.807) is 9.76 Å². The molecule has 0 unspecified atom stereocenters. The van der Waals surface area contributed by atoms with E-state index in [-0.39, 0.29) is 0 Å². The molecule has 0 atom stereocenters. The van der Waals surface area contributed by atoms with Gasteiger partial charge in [0.25, 0.3) is 0 Å². The zero-order valence-electron chi connectivity index (χ0n) is 23.3. The monoisotopic (exact) mass is 592 g/mol. The van der Waals surface area contributed by atoms with E-state index in [0.717, 1.165) is 12.8 Å². The number of hydrogen-bond acceptors (Lipinski definition) is 0. The Kier molecular flexibility index (Phi) is 6.17. The summed E-state index contributed by atoms with van der Waals surface area (Å²) in [5.74, 6) is 0. The standard InChI is InChI=1S/C13H9.C13H10.C11H9.2CH3.Zr/c1-3-7-12-10(5-1)9-11-6-2-4-8-13(11)12;1-3-7-12(8-4-1)11-13-9-5-2-6-10-13;1-2-6-10(7-3-1)11-8-4-5-9-11;;;/h1-5,7-8H,9H2;1-10H;1-3,6-9H,4H2;2*1H3;. The third-order valence-corrected chi connectivity index (χ3v) is 25.3. The van der Waals surface area contributed by atoms with Gasteiger partial charge in [0.15, 0.2) is 0 Å². The average Bonchev–Trinajstić information content (AvgIpc) is 3.65. The van der Waals surface area contributed by atoms with Crippen LogP contribution in [0.15, 0.2) is 149 Å². The zero-order chi connectivity index (χ0) is 27.2. The summed E-state index contributed by atoms with van der Waals surface area (Å²) in [5, 5.41) is 0. The molecule has 0 amide bonds. The van der Waals surface area contributed by atoms with E-state index in [9.17, 15) is 0 Å². The van der Waals surface area contributed by atoms with Crippen molar-refractivity contribution < 1.29 is 18.3 Å². The van der Waals surface area contributed by atoms with E-state index in [2.05, 4.69) is 155 Å². The Bertz CT molecular complexity index is 1820. The van der Waals surface area contributed by atoms with Crippen LogP contribution in [0.4, 0.5) is 0 Å². The van der Waals surface area contributed by atoms with Crippen LogP contribution in [0, 0.1) is 0 Å². The fraction of sp³-hybridized carbons (Fsp3) is 0.103. The molecule has 7 rings (SSSR count). The third kappa shape index (κ3) is 3.95. The molecule has 5 aromatic rings. The molecule has 0 aromatic heterocycles. The summed E-state index contributed by atoms with van der Waals surface area (Å²) >= 11 is -4.26. The molecule has 0 saturated carbocycles. The van der Waals surface area contributed by atoms with E-state index in [1.165, 1.54) is 44.5 Å². The Balaban J connectivity index is 1.61. The maximum absolute atomic E-state index is 4.26. The quantitative estimate of drug-likeness (QED) is 0.187. The fourth-order valence-corrected chi connectivity index (χ4v) is 22.3. The Hall–Kier alpha value is -3.67. The van der Waals surface area contributed by atoms with Crippen LogP contribution in [-0.4, -0.2) is 3.21 Å². The molecule has 0 spiro atoms. The molecular formula is C39H34Zr. The van der Waals surface area contributed by atoms with E-state index < -0.39 is 18.3 Å². The second-order valence-electron chi connectivity index (χ2n) is 12.0. The van der Waals surface area contributed by atoms with Gasteiger partial charge < -0.3 is 0 Å². The van der Waals surface area contributed by atoms with Crippen LogP contribution >= 0.6 is 0 Å². The Morgan fingerprint density at radius 1 is 0.575 bits per heavy atom. The Labute approximate surface area is 239 Å². The molecule has 0 aliphatic heterocycles. The topological polar surface area (TPSA) is 0 Å². The summed E-state index contributed by atoms with van der Waals surface area (Å²) in [5.41, 5.74) is 11.2. The summed E-state index contributed by atoms with van der Waals surface area (Å²) in [6.45, 7) is 0. The molecule has 1 heteroatoms. The Morgan fingerprint density at radius 2 is 1.15 bits per heavy atom. The predicted molar refractivity (Wildman–Crippen MR) is 169 cm³/mol. The fourth-order valence-electron chi connectivity index (χ4n) is 7.45. The number of allylic oxidation sites excluding steroid dienone is 4. The third-order valence-electron chi connectivity index (χ3n) is 9.48. The van der Waals surface area contributed by atoms with Gasteiger partial charge in [-0.2, -0.15) is 0 Å². The Morgan fingerprint density at radius 3 is 1.82 bits per heavy atom. The SMILES string of the molecule is [CH3][Zr]([CH3])([C]1=CC(c2ccccc2)=CC1)(=[C](c1ccccc1)c1ccccc1)[c]1cccc2c1Cc1ccccc1-2. The van der Waals surface area contributed by atoms with Crippen molar-refractivity contribution in [3.05, 3.63) is 177 Å². The van der Waals surface area contributed by atoms with Gasteiger partial charge in [0.2, 0.25) is 0 Å². The van der Waals surface area contributed by atoms with Crippen LogP contribution in [0.25, 0.3) is 16.7 Å². The first-order chi connectivity index (χ1) is 19.5. The van der Waals surface area contributed by atoms with Gasteiger partial charge in [-0.3, -0.25) is 0 Å². The van der Waals surface area contributed by atoms with Gasteiger partial charge >= 0.3 is 240 Å². The van der Waals surface area contributed by atoms with Gasteiger partial charge in [-0.25, -0.2) is 0 Å². The molecule has 0 radical (unpaired) electrons. The number of fused-ring (bicyclic) bond motifs is 3.